The van der Waals surface area contributed by atoms with Gasteiger partial charge in [-0.3, -0.25) is 0 Å². The van der Waals surface area contributed by atoms with Crippen molar-refractivity contribution < 1.29 is 19.3 Å². The third-order valence-corrected chi connectivity index (χ3v) is 7.07. The Morgan fingerprint density at radius 2 is 1.68 bits per heavy atom. The lowest BCUT2D eigenvalue weighted by Gasteiger charge is -2.57. The zero-order valence-electron chi connectivity index (χ0n) is 17.3. The summed E-state index contributed by atoms with van der Waals surface area (Å²) in [5.41, 5.74) is 1.51. The number of methoxy groups -OCH3 is 2. The Hall–Kier alpha value is -1.30. The number of ether oxygens (including phenoxy) is 3. The van der Waals surface area contributed by atoms with E-state index in [0.717, 1.165) is 29.9 Å². The van der Waals surface area contributed by atoms with Crippen LogP contribution in [0.4, 0.5) is 0 Å². The van der Waals surface area contributed by atoms with Crippen LogP contribution in [0.1, 0.15) is 44.1 Å². The molecule has 4 aliphatic rings. The Balaban J connectivity index is 1.17. The van der Waals surface area contributed by atoms with Crippen molar-refractivity contribution in [2.24, 2.45) is 23.2 Å². The molecule has 0 amide bonds. The summed E-state index contributed by atoms with van der Waals surface area (Å²) in [6.45, 7) is 2.45. The van der Waals surface area contributed by atoms with Gasteiger partial charge in [0.2, 0.25) is 0 Å². The molecule has 4 saturated carbocycles. The van der Waals surface area contributed by atoms with Crippen LogP contribution in [0.2, 0.25) is 0 Å². The maximum Gasteiger partial charge on any atom is 0.161 e. The minimum atomic E-state index is -0.478. The molecule has 0 spiro atoms. The molecule has 0 aliphatic heterocycles. The highest BCUT2D eigenvalue weighted by Crippen LogP contribution is 2.59. The van der Waals surface area contributed by atoms with Gasteiger partial charge in [-0.15, -0.1) is 0 Å². The molecule has 4 bridgehead atoms. The maximum absolute atomic E-state index is 10.3. The lowest BCUT2D eigenvalue weighted by atomic mass is 9.49. The Labute approximate surface area is 168 Å². The van der Waals surface area contributed by atoms with Gasteiger partial charge in [0, 0.05) is 13.1 Å². The fourth-order valence-corrected chi connectivity index (χ4v) is 6.35. The van der Waals surface area contributed by atoms with Crippen LogP contribution in [0.3, 0.4) is 0 Å². The number of nitrogens with one attached hydrogen (secondary N) is 1. The summed E-state index contributed by atoms with van der Waals surface area (Å²) in [7, 11) is 3.25. The van der Waals surface area contributed by atoms with Crippen LogP contribution < -0.4 is 14.8 Å². The van der Waals surface area contributed by atoms with Gasteiger partial charge < -0.3 is 24.6 Å². The van der Waals surface area contributed by atoms with Gasteiger partial charge in [-0.05, 0) is 79.4 Å². The quantitative estimate of drug-likeness (QED) is 0.642. The second-order valence-electron chi connectivity index (χ2n) is 9.41. The van der Waals surface area contributed by atoms with Crippen molar-refractivity contribution in [2.75, 3.05) is 33.9 Å². The standard InChI is InChI=1S/C23H35NO4/c1-26-21-4-3-16(8-22(21)27-2)13-28-14-20(25)12-24-15-23-9-17-5-18(10-23)7-19(6-17)11-23/h3-4,8,17-20,24-25H,5-7,9-15H2,1-2H3/t17?,18?,19?,20-,23?/m0/s1. The highest BCUT2D eigenvalue weighted by Gasteiger charge is 2.50. The lowest BCUT2D eigenvalue weighted by molar-refractivity contribution is -0.0532. The molecule has 5 heteroatoms. The third-order valence-electron chi connectivity index (χ3n) is 7.07. The van der Waals surface area contributed by atoms with Gasteiger partial charge in [-0.1, -0.05) is 6.07 Å². The van der Waals surface area contributed by atoms with Gasteiger partial charge >= 0.3 is 0 Å². The summed E-state index contributed by atoms with van der Waals surface area (Å²) in [4.78, 5) is 0. The first-order valence-corrected chi connectivity index (χ1v) is 10.8. The van der Waals surface area contributed by atoms with Crippen LogP contribution in [0.5, 0.6) is 11.5 Å². The lowest BCUT2D eigenvalue weighted by Crippen LogP contribution is -2.51. The first-order chi connectivity index (χ1) is 13.6. The average Bonchev–Trinajstić information content (AvgIpc) is 2.66. The summed E-state index contributed by atoms with van der Waals surface area (Å²) in [6.07, 6.45) is 8.16. The summed E-state index contributed by atoms with van der Waals surface area (Å²) >= 11 is 0. The number of aliphatic hydroxyl groups is 1. The summed E-state index contributed by atoms with van der Waals surface area (Å²) < 4.78 is 16.3. The van der Waals surface area contributed by atoms with Gasteiger partial charge in [0.25, 0.3) is 0 Å². The second-order valence-corrected chi connectivity index (χ2v) is 9.41. The van der Waals surface area contributed by atoms with Crippen molar-refractivity contribution in [1.82, 2.24) is 5.32 Å². The number of hydrogen-bond donors (Lipinski definition) is 2. The van der Waals surface area contributed by atoms with Crippen molar-refractivity contribution in [3.05, 3.63) is 23.8 Å². The van der Waals surface area contributed by atoms with E-state index in [1.54, 1.807) is 14.2 Å². The van der Waals surface area contributed by atoms with Gasteiger partial charge in [-0.25, -0.2) is 0 Å². The molecule has 4 fully saturated rings. The Morgan fingerprint density at radius 1 is 1.04 bits per heavy atom. The molecule has 0 aromatic heterocycles. The molecule has 0 saturated heterocycles. The van der Waals surface area contributed by atoms with Gasteiger partial charge in [0.05, 0.1) is 33.5 Å². The van der Waals surface area contributed by atoms with E-state index in [4.69, 9.17) is 14.2 Å². The fraction of sp³-hybridized carbons (Fsp3) is 0.739. The van der Waals surface area contributed by atoms with Gasteiger partial charge in [-0.2, -0.15) is 0 Å². The summed E-state index contributed by atoms with van der Waals surface area (Å²) in [6, 6.07) is 5.75. The number of benzene rings is 1. The van der Waals surface area contributed by atoms with E-state index in [2.05, 4.69) is 5.32 Å². The van der Waals surface area contributed by atoms with Crippen LogP contribution in [0.15, 0.2) is 18.2 Å². The van der Waals surface area contributed by atoms with Crippen LogP contribution in [-0.2, 0) is 11.3 Å². The van der Waals surface area contributed by atoms with E-state index in [0.29, 0.717) is 36.7 Å². The molecule has 1 aromatic rings. The molecule has 1 aromatic carbocycles. The molecule has 0 radical (unpaired) electrons. The van der Waals surface area contributed by atoms with E-state index in [-0.39, 0.29) is 0 Å². The highest BCUT2D eigenvalue weighted by atomic mass is 16.5. The molecule has 1 atom stereocenters. The molecule has 4 aliphatic carbocycles. The SMILES string of the molecule is COc1ccc(COC[C@@H](O)CNCC23CC4CC(CC(C4)C2)C3)cc1OC. The predicted octanol–water partition coefficient (Wildman–Crippen LogP) is 3.39. The van der Waals surface area contributed by atoms with Crippen LogP contribution >= 0.6 is 0 Å². The molecule has 5 nitrogen and oxygen atoms in total. The predicted molar refractivity (Wildman–Crippen MR) is 109 cm³/mol. The molecule has 0 unspecified atom stereocenters. The molecular formula is C23H35NO4. The normalized spacial score (nSPS) is 31.8. The van der Waals surface area contributed by atoms with Crippen molar-refractivity contribution in [2.45, 2.75) is 51.2 Å². The minimum absolute atomic E-state index is 0.336. The molecule has 2 N–H and O–H groups in total. The van der Waals surface area contributed by atoms with Crippen LogP contribution in [-0.4, -0.2) is 45.1 Å². The number of aliphatic hydroxyl groups excluding tert-OH is 1. The van der Waals surface area contributed by atoms with E-state index in [9.17, 15) is 5.11 Å². The Morgan fingerprint density at radius 3 is 2.29 bits per heavy atom. The van der Waals surface area contributed by atoms with Gasteiger partial charge in [0.15, 0.2) is 11.5 Å². The zero-order chi connectivity index (χ0) is 19.6. The smallest absolute Gasteiger partial charge is 0.161 e. The van der Waals surface area contributed by atoms with E-state index < -0.39 is 6.10 Å². The monoisotopic (exact) mass is 389 g/mol. The summed E-state index contributed by atoms with van der Waals surface area (Å²) in [5.74, 6) is 4.33. The highest BCUT2D eigenvalue weighted by molar-refractivity contribution is 5.42. The van der Waals surface area contributed by atoms with Crippen molar-refractivity contribution >= 4 is 0 Å². The molecular weight excluding hydrogens is 354 g/mol. The summed E-state index contributed by atoms with van der Waals surface area (Å²) in [5, 5.41) is 13.8. The molecule has 156 valence electrons. The van der Waals surface area contributed by atoms with Gasteiger partial charge in [0.1, 0.15) is 0 Å². The fourth-order valence-electron chi connectivity index (χ4n) is 6.35. The first kappa shape index (κ1) is 20.0. The average molecular weight is 390 g/mol. The molecule has 5 rings (SSSR count). The van der Waals surface area contributed by atoms with E-state index >= 15 is 0 Å². The third kappa shape index (κ3) is 4.47. The van der Waals surface area contributed by atoms with Crippen LogP contribution in [0.25, 0.3) is 0 Å². The largest absolute Gasteiger partial charge is 0.493 e. The molecule has 0 heterocycles. The minimum Gasteiger partial charge on any atom is -0.493 e. The van der Waals surface area contributed by atoms with E-state index in [1.165, 1.54) is 38.5 Å². The number of hydrogen-bond acceptors (Lipinski definition) is 5. The molecule has 28 heavy (non-hydrogen) atoms. The Kier molecular flexibility index (Phi) is 6.14. The van der Waals surface area contributed by atoms with Crippen molar-refractivity contribution in [3.8, 4) is 11.5 Å². The number of rotatable bonds is 10. The first-order valence-electron chi connectivity index (χ1n) is 10.8. The van der Waals surface area contributed by atoms with Crippen LogP contribution in [0, 0.1) is 23.2 Å². The topological polar surface area (TPSA) is 60.0 Å². The zero-order valence-corrected chi connectivity index (χ0v) is 17.3. The second kappa shape index (κ2) is 8.60. The van der Waals surface area contributed by atoms with Crippen molar-refractivity contribution in [3.63, 3.8) is 0 Å². The maximum atomic E-state index is 10.3. The van der Waals surface area contributed by atoms with E-state index in [1.807, 2.05) is 18.2 Å². The van der Waals surface area contributed by atoms with Crippen molar-refractivity contribution in [1.29, 1.82) is 0 Å². The Bertz CT molecular complexity index is 627.